The molecule has 1 aromatic carbocycles. The molecule has 184 valence electrons. The van der Waals surface area contributed by atoms with E-state index in [1.807, 2.05) is 24.8 Å². The molecule has 0 spiro atoms. The molecule has 1 amide bonds. The van der Waals surface area contributed by atoms with Gasteiger partial charge in [0.2, 0.25) is 5.95 Å². The molecule has 34 heavy (non-hydrogen) atoms. The van der Waals surface area contributed by atoms with E-state index in [4.69, 9.17) is 14.6 Å². The van der Waals surface area contributed by atoms with Gasteiger partial charge >= 0.3 is 6.09 Å². The Labute approximate surface area is 201 Å². The summed E-state index contributed by atoms with van der Waals surface area (Å²) in [7, 11) is 0. The summed E-state index contributed by atoms with van der Waals surface area (Å²) in [5.41, 5.74) is 1.31. The molecule has 9 heteroatoms. The maximum atomic E-state index is 13.1. The molecule has 2 aliphatic rings. The summed E-state index contributed by atoms with van der Waals surface area (Å²) >= 11 is 0. The molecule has 0 saturated carbocycles. The lowest BCUT2D eigenvalue weighted by molar-refractivity contribution is 0.00996. The van der Waals surface area contributed by atoms with Gasteiger partial charge in [-0.05, 0) is 32.3 Å². The van der Waals surface area contributed by atoms with Crippen LogP contribution in [-0.4, -0.2) is 88.5 Å². The van der Waals surface area contributed by atoms with Crippen LogP contribution in [0, 0.1) is 0 Å². The van der Waals surface area contributed by atoms with Crippen molar-refractivity contribution >= 4 is 12.0 Å². The monoisotopic (exact) mass is 469 g/mol. The highest BCUT2D eigenvalue weighted by Gasteiger charge is 2.36. The number of amides is 1. The Bertz CT molecular complexity index is 893. The van der Waals surface area contributed by atoms with Gasteiger partial charge in [0, 0.05) is 32.7 Å². The average Bonchev–Trinajstić information content (AvgIpc) is 2.84. The van der Waals surface area contributed by atoms with Crippen LogP contribution in [0.25, 0.3) is 0 Å². The van der Waals surface area contributed by atoms with Crippen LogP contribution < -0.4 is 9.64 Å². The van der Waals surface area contributed by atoms with Gasteiger partial charge in [0.25, 0.3) is 0 Å². The SMILES string of the molecule is C[C@@H]1CN(c2ncc(OCCO)cn2)C[C@H](C)N1C(=O)OC1CCN(Cc2ccccc2)CC1. The van der Waals surface area contributed by atoms with Crippen LogP contribution in [-0.2, 0) is 11.3 Å². The van der Waals surface area contributed by atoms with Gasteiger partial charge in [-0.3, -0.25) is 9.80 Å². The van der Waals surface area contributed by atoms with E-state index in [1.165, 1.54) is 5.56 Å². The van der Waals surface area contributed by atoms with Crippen molar-refractivity contribution in [3.8, 4) is 5.75 Å². The molecule has 0 aliphatic carbocycles. The first kappa shape index (κ1) is 24.2. The van der Waals surface area contributed by atoms with Gasteiger partial charge in [-0.15, -0.1) is 0 Å². The van der Waals surface area contributed by atoms with Crippen LogP contribution >= 0.6 is 0 Å². The van der Waals surface area contributed by atoms with E-state index in [0.717, 1.165) is 32.5 Å². The fraction of sp³-hybridized carbons (Fsp3) is 0.560. The number of rotatable bonds is 7. The Balaban J connectivity index is 1.26. The van der Waals surface area contributed by atoms with Gasteiger partial charge in [0.1, 0.15) is 12.7 Å². The predicted octanol–water partition coefficient (Wildman–Crippen LogP) is 2.55. The molecule has 3 heterocycles. The maximum Gasteiger partial charge on any atom is 0.410 e. The number of piperidine rings is 1. The van der Waals surface area contributed by atoms with E-state index in [0.29, 0.717) is 24.8 Å². The van der Waals surface area contributed by atoms with Crippen LogP contribution in [0.2, 0.25) is 0 Å². The Morgan fingerprint density at radius 3 is 2.32 bits per heavy atom. The predicted molar refractivity (Wildman–Crippen MR) is 129 cm³/mol. The normalized spacial score (nSPS) is 22.0. The molecule has 2 fully saturated rings. The van der Waals surface area contributed by atoms with Gasteiger partial charge < -0.3 is 19.5 Å². The van der Waals surface area contributed by atoms with E-state index < -0.39 is 0 Å². The quantitative estimate of drug-likeness (QED) is 0.662. The molecule has 2 atom stereocenters. The van der Waals surface area contributed by atoms with E-state index in [2.05, 4.69) is 44.0 Å². The Kier molecular flexibility index (Phi) is 8.18. The van der Waals surface area contributed by atoms with E-state index in [-0.39, 0.29) is 37.5 Å². The summed E-state index contributed by atoms with van der Waals surface area (Å²) < 4.78 is 11.3. The first-order valence-electron chi connectivity index (χ1n) is 12.1. The van der Waals surface area contributed by atoms with Gasteiger partial charge in [0.15, 0.2) is 5.75 Å². The van der Waals surface area contributed by atoms with Crippen molar-refractivity contribution in [2.24, 2.45) is 0 Å². The molecule has 4 rings (SSSR count). The Morgan fingerprint density at radius 1 is 1.06 bits per heavy atom. The number of aliphatic hydroxyl groups excluding tert-OH is 1. The highest BCUT2D eigenvalue weighted by molar-refractivity contribution is 5.69. The number of ether oxygens (including phenoxy) is 2. The van der Waals surface area contributed by atoms with Crippen LogP contribution in [0.5, 0.6) is 5.75 Å². The lowest BCUT2D eigenvalue weighted by Crippen LogP contribution is -2.59. The summed E-state index contributed by atoms with van der Waals surface area (Å²) in [6.45, 7) is 8.29. The lowest BCUT2D eigenvalue weighted by atomic mass is 10.1. The molecule has 0 unspecified atom stereocenters. The van der Waals surface area contributed by atoms with Crippen molar-refractivity contribution in [2.75, 3.05) is 44.3 Å². The number of nitrogens with zero attached hydrogens (tertiary/aromatic N) is 5. The van der Waals surface area contributed by atoms with Crippen LogP contribution in [0.1, 0.15) is 32.3 Å². The molecule has 1 N–H and O–H groups in total. The molecule has 2 aromatic rings. The zero-order valence-corrected chi connectivity index (χ0v) is 20.0. The molecule has 2 saturated heterocycles. The molecular formula is C25H35N5O4. The number of anilines is 1. The molecule has 2 aliphatic heterocycles. The van der Waals surface area contributed by atoms with Gasteiger partial charge in [0.05, 0.1) is 31.1 Å². The highest BCUT2D eigenvalue weighted by atomic mass is 16.6. The van der Waals surface area contributed by atoms with E-state index in [1.54, 1.807) is 12.4 Å². The van der Waals surface area contributed by atoms with Crippen molar-refractivity contribution < 1.29 is 19.4 Å². The standard InChI is InChI=1S/C25H35N5O4/c1-19-16-29(24-26-14-23(15-27-24)33-13-12-31)17-20(2)30(19)25(32)34-22-8-10-28(11-9-22)18-21-6-4-3-5-7-21/h3-7,14-15,19-20,22,31H,8-13,16-18H2,1-2H3/t19-,20+. The number of piperazine rings is 1. The number of hydrogen-bond acceptors (Lipinski definition) is 8. The zero-order chi connectivity index (χ0) is 23.9. The zero-order valence-electron chi connectivity index (χ0n) is 20.0. The van der Waals surface area contributed by atoms with Gasteiger partial charge in [-0.2, -0.15) is 0 Å². The maximum absolute atomic E-state index is 13.1. The van der Waals surface area contributed by atoms with Gasteiger partial charge in [-0.1, -0.05) is 30.3 Å². The summed E-state index contributed by atoms with van der Waals surface area (Å²) in [4.78, 5) is 28.2. The van der Waals surface area contributed by atoms with Crippen LogP contribution in [0.15, 0.2) is 42.7 Å². The fourth-order valence-electron chi connectivity index (χ4n) is 4.79. The first-order chi connectivity index (χ1) is 16.5. The van der Waals surface area contributed by atoms with Crippen molar-refractivity contribution in [1.82, 2.24) is 19.8 Å². The number of benzene rings is 1. The summed E-state index contributed by atoms with van der Waals surface area (Å²) in [5, 5.41) is 8.87. The van der Waals surface area contributed by atoms with Crippen LogP contribution in [0.3, 0.4) is 0 Å². The molecule has 9 nitrogen and oxygen atoms in total. The number of likely N-dealkylation sites (tertiary alicyclic amines) is 1. The summed E-state index contributed by atoms with van der Waals surface area (Å²) in [6, 6.07) is 10.4. The van der Waals surface area contributed by atoms with E-state index in [9.17, 15) is 4.79 Å². The molecule has 1 aromatic heterocycles. The van der Waals surface area contributed by atoms with Crippen LogP contribution in [0.4, 0.5) is 10.7 Å². The topological polar surface area (TPSA) is 91.3 Å². The van der Waals surface area contributed by atoms with Crippen molar-refractivity contribution in [3.05, 3.63) is 48.3 Å². The highest BCUT2D eigenvalue weighted by Crippen LogP contribution is 2.23. The number of carbonyl (C=O) groups excluding carboxylic acids is 1. The third-order valence-corrected chi connectivity index (χ3v) is 6.44. The van der Waals surface area contributed by atoms with E-state index >= 15 is 0 Å². The Morgan fingerprint density at radius 2 is 1.71 bits per heavy atom. The number of aliphatic hydroxyl groups is 1. The summed E-state index contributed by atoms with van der Waals surface area (Å²) in [6.07, 6.45) is 4.68. The molecule has 0 bridgehead atoms. The van der Waals surface area contributed by atoms with Gasteiger partial charge in [-0.25, -0.2) is 14.8 Å². The van der Waals surface area contributed by atoms with Crippen molar-refractivity contribution in [2.45, 2.75) is 51.4 Å². The number of hydrogen-bond donors (Lipinski definition) is 1. The second-order valence-corrected chi connectivity index (χ2v) is 9.15. The molecule has 0 radical (unpaired) electrons. The second kappa shape index (κ2) is 11.5. The first-order valence-corrected chi connectivity index (χ1v) is 12.1. The lowest BCUT2D eigenvalue weighted by Gasteiger charge is -2.44. The van der Waals surface area contributed by atoms with Crippen molar-refractivity contribution in [3.63, 3.8) is 0 Å². The third-order valence-electron chi connectivity index (χ3n) is 6.44. The Hall–Kier alpha value is -2.91. The van der Waals surface area contributed by atoms with Crippen molar-refractivity contribution in [1.29, 1.82) is 0 Å². The number of aromatic nitrogens is 2. The minimum Gasteiger partial charge on any atom is -0.488 e. The minimum atomic E-state index is -0.227. The average molecular weight is 470 g/mol. The third kappa shape index (κ3) is 6.15. The molecular weight excluding hydrogens is 434 g/mol. The summed E-state index contributed by atoms with van der Waals surface area (Å²) in [5.74, 6) is 1.13. The fourth-order valence-corrected chi connectivity index (χ4v) is 4.79. The minimum absolute atomic E-state index is 0.0247. The number of carbonyl (C=O) groups is 1. The second-order valence-electron chi connectivity index (χ2n) is 9.15. The smallest absolute Gasteiger partial charge is 0.410 e. The largest absolute Gasteiger partial charge is 0.488 e.